The minimum atomic E-state index is -0.177. The minimum Gasteiger partial charge on any atom is -0.466 e. The van der Waals surface area contributed by atoms with Crippen LogP contribution in [0.15, 0.2) is 12.2 Å². The Morgan fingerprint density at radius 3 is 1.79 bits per heavy atom. The number of nitrogens with one attached hydrogen (secondary N) is 1. The van der Waals surface area contributed by atoms with Gasteiger partial charge in [0.25, 0.3) is 5.17 Å². The summed E-state index contributed by atoms with van der Waals surface area (Å²) >= 11 is 8.59. The molecule has 194 valence electrons. The summed E-state index contributed by atoms with van der Waals surface area (Å²) in [5.74, 6) is -0.177. The van der Waals surface area contributed by atoms with E-state index in [0.29, 0.717) is 17.2 Å². The zero-order chi connectivity index (χ0) is 24.4. The topological polar surface area (TPSA) is 47.6 Å². The van der Waals surface area contributed by atoms with Crippen LogP contribution < -0.4 is 5.32 Å². The van der Waals surface area contributed by atoms with Gasteiger partial charge in [-0.15, -0.1) is 0 Å². The maximum Gasteiger partial charge on any atom is 0.306 e. The van der Waals surface area contributed by atoms with Crippen LogP contribution in [-0.2, 0) is 14.3 Å². The molecule has 0 saturated heterocycles. The van der Waals surface area contributed by atoms with Gasteiger partial charge in [0.2, 0.25) is 0 Å². The summed E-state index contributed by atoms with van der Waals surface area (Å²) in [4.78, 5) is 11.7. The van der Waals surface area contributed by atoms with Crippen molar-refractivity contribution in [2.75, 3.05) is 25.1 Å². The molecule has 6 heteroatoms. The lowest BCUT2D eigenvalue weighted by Crippen LogP contribution is -2.26. The van der Waals surface area contributed by atoms with Crippen molar-refractivity contribution in [3.8, 4) is 0 Å². The number of carbonyl (C=O) groups excluding carboxylic acids is 1. The number of halogens is 1. The quantitative estimate of drug-likeness (QED) is 0.0431. The molecular formula is C27H50BrNO3S. The third-order valence-corrected chi connectivity index (χ3v) is 6.48. The van der Waals surface area contributed by atoms with Crippen molar-refractivity contribution in [1.82, 2.24) is 5.32 Å². The second-order valence-electron chi connectivity index (χ2n) is 9.01. The van der Waals surface area contributed by atoms with E-state index >= 15 is 0 Å². The molecule has 0 radical (unpaired) electrons. The van der Waals surface area contributed by atoms with Crippen molar-refractivity contribution in [3.63, 3.8) is 0 Å². The summed E-state index contributed by atoms with van der Waals surface area (Å²) in [6.45, 7) is 7.48. The van der Waals surface area contributed by atoms with Crippen molar-refractivity contribution in [3.05, 3.63) is 12.2 Å². The maximum atomic E-state index is 11.7. The molecule has 0 aromatic heterocycles. The highest BCUT2D eigenvalue weighted by atomic mass is 79.9. The molecule has 0 aliphatic rings. The van der Waals surface area contributed by atoms with E-state index in [1.165, 1.54) is 83.5 Å². The van der Waals surface area contributed by atoms with Gasteiger partial charge in [-0.25, -0.2) is 0 Å². The molecule has 0 aromatic carbocycles. The van der Waals surface area contributed by atoms with Crippen molar-refractivity contribution < 1.29 is 14.3 Å². The molecule has 0 spiro atoms. The van der Waals surface area contributed by atoms with Gasteiger partial charge in [-0.3, -0.25) is 4.79 Å². The van der Waals surface area contributed by atoms with Crippen LogP contribution in [0.4, 0.5) is 0 Å². The van der Waals surface area contributed by atoms with Crippen molar-refractivity contribution in [2.45, 2.75) is 122 Å². The summed E-state index contributed by atoms with van der Waals surface area (Å²) in [5, 5.41) is 4.51. The number of thiocarbonyl (C=S) groups is 1. The Bertz CT molecular complexity index is 488. The molecular weight excluding hydrogens is 498 g/mol. The lowest BCUT2D eigenvalue weighted by Gasteiger charge is -2.11. The number of esters is 1. The highest BCUT2D eigenvalue weighted by molar-refractivity contribution is 9.09. The summed E-state index contributed by atoms with van der Waals surface area (Å²) in [5.41, 5.74) is 0.712. The molecule has 0 saturated carbocycles. The molecule has 0 aliphatic carbocycles. The number of carbonyl (C=O) groups is 1. The predicted molar refractivity (Wildman–Crippen MR) is 149 cm³/mol. The van der Waals surface area contributed by atoms with E-state index in [2.05, 4.69) is 34.7 Å². The average Bonchev–Trinajstić information content (AvgIpc) is 2.81. The molecule has 4 nitrogen and oxygen atoms in total. The summed E-state index contributed by atoms with van der Waals surface area (Å²) in [6.07, 6.45) is 22.4. The first kappa shape index (κ1) is 32.4. The number of rotatable bonds is 24. The largest absolute Gasteiger partial charge is 0.466 e. The fraction of sp³-hybridized carbons (Fsp3) is 0.852. The minimum absolute atomic E-state index is 0.177. The summed E-state index contributed by atoms with van der Waals surface area (Å²) < 4.78 is 10.7. The standard InChI is InChI=1S/C27H50BrNO3S/c1-3-4-5-6-7-8-9-10-11-12-13-14-15-19-22-29-27(33)32-24-25(2)23-31-26(30)20-17-16-18-21-28/h2-24H2,1H3,(H,29,33). The fourth-order valence-corrected chi connectivity index (χ4v) is 4.12. The Hall–Kier alpha value is -0.620. The van der Waals surface area contributed by atoms with Crippen molar-refractivity contribution >= 4 is 39.3 Å². The molecule has 0 bridgehead atoms. The third kappa shape index (κ3) is 25.8. The van der Waals surface area contributed by atoms with Gasteiger partial charge in [0.05, 0.1) is 0 Å². The Morgan fingerprint density at radius 2 is 1.24 bits per heavy atom. The summed E-state index contributed by atoms with van der Waals surface area (Å²) in [7, 11) is 0. The van der Waals surface area contributed by atoms with E-state index in [9.17, 15) is 4.79 Å². The normalized spacial score (nSPS) is 10.7. The Kier molecular flexibility index (Phi) is 25.5. The van der Waals surface area contributed by atoms with E-state index < -0.39 is 0 Å². The molecule has 0 aromatic rings. The van der Waals surface area contributed by atoms with E-state index in [1.54, 1.807) is 0 Å². The zero-order valence-corrected chi connectivity index (χ0v) is 23.7. The first-order valence-electron chi connectivity index (χ1n) is 13.4. The molecule has 0 rings (SSSR count). The van der Waals surface area contributed by atoms with Gasteiger partial charge in [0, 0.05) is 18.3 Å². The Morgan fingerprint density at radius 1 is 0.758 bits per heavy atom. The first-order chi connectivity index (χ1) is 16.1. The van der Waals surface area contributed by atoms with E-state index in [4.69, 9.17) is 21.7 Å². The van der Waals surface area contributed by atoms with Gasteiger partial charge in [-0.1, -0.05) is 119 Å². The van der Waals surface area contributed by atoms with E-state index in [-0.39, 0.29) is 19.2 Å². The van der Waals surface area contributed by atoms with Crippen LogP contribution in [0.5, 0.6) is 0 Å². The van der Waals surface area contributed by atoms with Gasteiger partial charge < -0.3 is 14.8 Å². The highest BCUT2D eigenvalue weighted by Gasteiger charge is 2.05. The Labute approximate surface area is 218 Å². The van der Waals surface area contributed by atoms with Crippen LogP contribution in [0.25, 0.3) is 0 Å². The van der Waals surface area contributed by atoms with E-state index in [0.717, 1.165) is 37.6 Å². The number of hydrogen-bond donors (Lipinski definition) is 1. The van der Waals surface area contributed by atoms with Gasteiger partial charge in [-0.2, -0.15) is 0 Å². The first-order valence-corrected chi connectivity index (χ1v) is 14.9. The molecule has 0 heterocycles. The average molecular weight is 549 g/mol. The SMILES string of the molecule is C=C(COC(=O)CCCCCBr)COC(=S)NCCCCCCCCCCCCCCCC. The van der Waals surface area contributed by atoms with Crippen LogP contribution in [0, 0.1) is 0 Å². The number of unbranched alkanes of at least 4 members (excludes halogenated alkanes) is 15. The van der Waals surface area contributed by atoms with Gasteiger partial charge >= 0.3 is 5.97 Å². The highest BCUT2D eigenvalue weighted by Crippen LogP contribution is 2.12. The smallest absolute Gasteiger partial charge is 0.306 e. The monoisotopic (exact) mass is 547 g/mol. The fourth-order valence-electron chi connectivity index (χ4n) is 3.57. The number of alkyl halides is 1. The Balaban J connectivity index is 3.37. The molecule has 0 aliphatic heterocycles. The third-order valence-electron chi connectivity index (χ3n) is 5.66. The van der Waals surface area contributed by atoms with E-state index in [1.807, 2.05) is 0 Å². The number of ether oxygens (including phenoxy) is 2. The van der Waals surface area contributed by atoms with Gasteiger partial charge in [0.15, 0.2) is 0 Å². The van der Waals surface area contributed by atoms with Gasteiger partial charge in [-0.05, 0) is 37.1 Å². The molecule has 0 amide bonds. The van der Waals surface area contributed by atoms with Crippen molar-refractivity contribution in [1.29, 1.82) is 0 Å². The second kappa shape index (κ2) is 26.0. The zero-order valence-electron chi connectivity index (χ0n) is 21.3. The van der Waals surface area contributed by atoms with Crippen LogP contribution in [-0.4, -0.2) is 36.2 Å². The van der Waals surface area contributed by atoms with Crippen LogP contribution in [0.2, 0.25) is 0 Å². The lowest BCUT2D eigenvalue weighted by atomic mass is 10.0. The predicted octanol–water partition coefficient (Wildman–Crippen LogP) is 8.41. The van der Waals surface area contributed by atoms with Crippen LogP contribution >= 0.6 is 28.1 Å². The molecule has 1 N–H and O–H groups in total. The number of hydrogen-bond acceptors (Lipinski definition) is 4. The second-order valence-corrected chi connectivity index (χ2v) is 10.2. The van der Waals surface area contributed by atoms with Crippen molar-refractivity contribution in [2.24, 2.45) is 0 Å². The molecule has 0 fully saturated rings. The molecule has 0 atom stereocenters. The van der Waals surface area contributed by atoms with Crippen LogP contribution in [0.1, 0.15) is 122 Å². The lowest BCUT2D eigenvalue weighted by molar-refractivity contribution is -0.142. The molecule has 33 heavy (non-hydrogen) atoms. The van der Waals surface area contributed by atoms with Crippen LogP contribution in [0.3, 0.4) is 0 Å². The maximum absolute atomic E-state index is 11.7. The van der Waals surface area contributed by atoms with Gasteiger partial charge in [0.1, 0.15) is 13.2 Å². The summed E-state index contributed by atoms with van der Waals surface area (Å²) in [6, 6.07) is 0. The molecule has 0 unspecified atom stereocenters.